The van der Waals surface area contributed by atoms with Crippen molar-refractivity contribution in [3.63, 3.8) is 0 Å². The lowest BCUT2D eigenvalue weighted by molar-refractivity contribution is 0.333. The van der Waals surface area contributed by atoms with Gasteiger partial charge in [-0.2, -0.15) is 0 Å². The van der Waals surface area contributed by atoms with E-state index in [4.69, 9.17) is 27.9 Å². The molecule has 19 heavy (non-hydrogen) atoms. The second-order valence-corrected chi connectivity index (χ2v) is 5.06. The van der Waals surface area contributed by atoms with Crippen molar-refractivity contribution in [3.8, 4) is 5.75 Å². The van der Waals surface area contributed by atoms with Crippen LogP contribution in [0.25, 0.3) is 0 Å². The van der Waals surface area contributed by atoms with Crippen molar-refractivity contribution in [2.45, 2.75) is 6.92 Å². The summed E-state index contributed by atoms with van der Waals surface area (Å²) in [7, 11) is 0. The van der Waals surface area contributed by atoms with Gasteiger partial charge in [0.05, 0.1) is 0 Å². The largest absolute Gasteiger partial charge is 0.492 e. The summed E-state index contributed by atoms with van der Waals surface area (Å²) in [6.07, 6.45) is 0. The zero-order chi connectivity index (χ0) is 13.7. The highest BCUT2D eigenvalue weighted by atomic mass is 35.5. The van der Waals surface area contributed by atoms with Gasteiger partial charge in [0.1, 0.15) is 12.4 Å². The molecule has 0 aliphatic rings. The van der Waals surface area contributed by atoms with E-state index in [0.717, 1.165) is 28.6 Å². The molecule has 2 aromatic carbocycles. The molecule has 2 aromatic rings. The maximum atomic E-state index is 5.91. The average molecular weight is 296 g/mol. The molecule has 0 radical (unpaired) electrons. The SMILES string of the molecule is Cc1cc(Cl)ccc1NCCOc1ccc(Cl)cc1. The number of halogens is 2. The molecule has 0 bridgehead atoms. The Morgan fingerprint density at radius 2 is 1.68 bits per heavy atom. The predicted octanol–water partition coefficient (Wildman–Crippen LogP) is 4.79. The number of aryl methyl sites for hydroxylation is 1. The van der Waals surface area contributed by atoms with Crippen LogP contribution in [0.1, 0.15) is 5.56 Å². The molecule has 100 valence electrons. The molecule has 0 saturated heterocycles. The smallest absolute Gasteiger partial charge is 0.119 e. The molecule has 0 fully saturated rings. The molecule has 0 heterocycles. The van der Waals surface area contributed by atoms with E-state index in [1.807, 2.05) is 49.4 Å². The van der Waals surface area contributed by atoms with Crippen LogP contribution in [-0.4, -0.2) is 13.2 Å². The summed E-state index contributed by atoms with van der Waals surface area (Å²) in [6, 6.07) is 13.1. The third-order valence-corrected chi connectivity index (χ3v) is 3.18. The Hall–Kier alpha value is -1.38. The minimum atomic E-state index is 0.587. The number of nitrogens with one attached hydrogen (secondary N) is 1. The van der Waals surface area contributed by atoms with Gasteiger partial charge >= 0.3 is 0 Å². The van der Waals surface area contributed by atoms with E-state index in [1.165, 1.54) is 0 Å². The lowest BCUT2D eigenvalue weighted by atomic mass is 10.2. The molecule has 0 aromatic heterocycles. The van der Waals surface area contributed by atoms with Gasteiger partial charge in [-0.15, -0.1) is 0 Å². The number of anilines is 1. The molecular formula is C15H15Cl2NO. The Morgan fingerprint density at radius 1 is 1.00 bits per heavy atom. The van der Waals surface area contributed by atoms with Crippen LogP contribution in [-0.2, 0) is 0 Å². The topological polar surface area (TPSA) is 21.3 Å². The fourth-order valence-corrected chi connectivity index (χ4v) is 2.06. The van der Waals surface area contributed by atoms with E-state index in [-0.39, 0.29) is 0 Å². The van der Waals surface area contributed by atoms with Crippen molar-refractivity contribution in [2.24, 2.45) is 0 Å². The minimum Gasteiger partial charge on any atom is -0.492 e. The normalized spacial score (nSPS) is 10.3. The Balaban J connectivity index is 1.79. The van der Waals surface area contributed by atoms with Gasteiger partial charge in [-0.1, -0.05) is 23.2 Å². The van der Waals surface area contributed by atoms with Crippen LogP contribution in [0.2, 0.25) is 10.0 Å². The first-order valence-electron chi connectivity index (χ1n) is 6.03. The quantitative estimate of drug-likeness (QED) is 0.801. The number of hydrogen-bond donors (Lipinski definition) is 1. The third-order valence-electron chi connectivity index (χ3n) is 2.69. The molecule has 2 nitrogen and oxygen atoms in total. The molecule has 0 spiro atoms. The molecule has 0 amide bonds. The van der Waals surface area contributed by atoms with Crippen LogP contribution in [0.4, 0.5) is 5.69 Å². The molecule has 1 N–H and O–H groups in total. The van der Waals surface area contributed by atoms with Crippen LogP contribution in [0.5, 0.6) is 5.75 Å². The maximum absolute atomic E-state index is 5.91. The van der Waals surface area contributed by atoms with E-state index in [1.54, 1.807) is 0 Å². The summed E-state index contributed by atoms with van der Waals surface area (Å²) in [4.78, 5) is 0. The summed E-state index contributed by atoms with van der Waals surface area (Å²) < 4.78 is 5.60. The third kappa shape index (κ3) is 4.34. The molecule has 0 aliphatic heterocycles. The molecule has 2 rings (SSSR count). The predicted molar refractivity (Wildman–Crippen MR) is 81.6 cm³/mol. The van der Waals surface area contributed by atoms with Crippen molar-refractivity contribution >= 4 is 28.9 Å². The molecule has 0 unspecified atom stereocenters. The van der Waals surface area contributed by atoms with E-state index < -0.39 is 0 Å². The molecule has 0 aliphatic carbocycles. The van der Waals surface area contributed by atoms with Crippen LogP contribution in [0.15, 0.2) is 42.5 Å². The number of hydrogen-bond acceptors (Lipinski definition) is 2. The van der Waals surface area contributed by atoms with Crippen molar-refractivity contribution < 1.29 is 4.74 Å². The van der Waals surface area contributed by atoms with E-state index >= 15 is 0 Å². The van der Waals surface area contributed by atoms with E-state index in [9.17, 15) is 0 Å². The first-order valence-corrected chi connectivity index (χ1v) is 6.79. The van der Waals surface area contributed by atoms with Crippen LogP contribution >= 0.6 is 23.2 Å². The van der Waals surface area contributed by atoms with Crippen molar-refractivity contribution in [3.05, 3.63) is 58.1 Å². The Labute approximate surface area is 123 Å². The van der Waals surface area contributed by atoms with Crippen LogP contribution < -0.4 is 10.1 Å². The highest BCUT2D eigenvalue weighted by Crippen LogP contribution is 2.19. The van der Waals surface area contributed by atoms with Gasteiger partial charge in [0.25, 0.3) is 0 Å². The Kier molecular flexibility index (Phi) is 4.94. The Morgan fingerprint density at radius 3 is 2.37 bits per heavy atom. The molecular weight excluding hydrogens is 281 g/mol. The summed E-state index contributed by atoms with van der Waals surface area (Å²) in [5, 5.41) is 4.77. The van der Waals surface area contributed by atoms with Crippen molar-refractivity contribution in [1.29, 1.82) is 0 Å². The highest BCUT2D eigenvalue weighted by Gasteiger charge is 1.99. The highest BCUT2D eigenvalue weighted by molar-refractivity contribution is 6.30. The minimum absolute atomic E-state index is 0.587. The van der Waals surface area contributed by atoms with Crippen molar-refractivity contribution in [2.75, 3.05) is 18.5 Å². The zero-order valence-electron chi connectivity index (χ0n) is 10.6. The summed E-state index contributed by atoms with van der Waals surface area (Å²) in [5.41, 5.74) is 2.20. The lowest BCUT2D eigenvalue weighted by Gasteiger charge is -2.11. The number of benzene rings is 2. The van der Waals surface area contributed by atoms with Crippen LogP contribution in [0.3, 0.4) is 0 Å². The van der Waals surface area contributed by atoms with Gasteiger partial charge in [-0.3, -0.25) is 0 Å². The standard InChI is InChI=1S/C15H15Cl2NO/c1-11-10-13(17)4-7-15(11)18-8-9-19-14-5-2-12(16)3-6-14/h2-7,10,18H,8-9H2,1H3. The maximum Gasteiger partial charge on any atom is 0.119 e. The van der Waals surface area contributed by atoms with Gasteiger partial charge < -0.3 is 10.1 Å². The first kappa shape index (κ1) is 14.0. The van der Waals surface area contributed by atoms with Gasteiger partial charge in [0, 0.05) is 22.3 Å². The second-order valence-electron chi connectivity index (χ2n) is 4.19. The molecule has 0 atom stereocenters. The van der Waals surface area contributed by atoms with Crippen molar-refractivity contribution in [1.82, 2.24) is 0 Å². The zero-order valence-corrected chi connectivity index (χ0v) is 12.1. The lowest BCUT2D eigenvalue weighted by Crippen LogP contribution is -2.12. The fourth-order valence-electron chi connectivity index (χ4n) is 1.71. The van der Waals surface area contributed by atoms with Gasteiger partial charge in [0.15, 0.2) is 0 Å². The monoisotopic (exact) mass is 295 g/mol. The molecule has 0 saturated carbocycles. The number of ether oxygens (including phenoxy) is 1. The van der Waals surface area contributed by atoms with E-state index in [2.05, 4.69) is 5.32 Å². The first-order chi connectivity index (χ1) is 9.15. The second kappa shape index (κ2) is 6.69. The summed E-state index contributed by atoms with van der Waals surface area (Å²) >= 11 is 11.7. The van der Waals surface area contributed by atoms with E-state index in [0.29, 0.717) is 11.6 Å². The average Bonchev–Trinajstić information content (AvgIpc) is 2.39. The molecule has 4 heteroatoms. The summed E-state index contributed by atoms with van der Waals surface area (Å²) in [6.45, 7) is 3.34. The Bertz CT molecular complexity index is 540. The number of rotatable bonds is 5. The summed E-state index contributed by atoms with van der Waals surface area (Å²) in [5.74, 6) is 0.819. The van der Waals surface area contributed by atoms with Gasteiger partial charge in [-0.25, -0.2) is 0 Å². The van der Waals surface area contributed by atoms with Crippen LogP contribution in [0, 0.1) is 6.92 Å². The van der Waals surface area contributed by atoms with Gasteiger partial charge in [0.2, 0.25) is 0 Å². The van der Waals surface area contributed by atoms with Gasteiger partial charge in [-0.05, 0) is 55.0 Å². The fraction of sp³-hybridized carbons (Fsp3) is 0.200.